The minimum Gasteiger partial charge on any atom is -0.493 e. The van der Waals surface area contributed by atoms with Crippen molar-refractivity contribution in [3.05, 3.63) is 69.3 Å². The van der Waals surface area contributed by atoms with Gasteiger partial charge in [-0.3, -0.25) is 14.6 Å². The summed E-state index contributed by atoms with van der Waals surface area (Å²) in [6, 6.07) is 5.75. The van der Waals surface area contributed by atoms with Gasteiger partial charge in [0.15, 0.2) is 17.0 Å². The molecular weight excluding hydrogens is 416 g/mol. The molecule has 2 atom stereocenters. The third-order valence-corrected chi connectivity index (χ3v) is 6.47. The molecule has 1 aliphatic carbocycles. The molecule has 1 unspecified atom stereocenters. The number of fused-ring (bicyclic) bond motifs is 1. The smallest absolute Gasteiger partial charge is 0.268 e. The molecule has 0 spiro atoms. The number of nitrogens with zero attached hydrogens (tertiary/aromatic N) is 1. The molecule has 1 saturated carbocycles. The summed E-state index contributed by atoms with van der Waals surface area (Å²) in [6.45, 7) is 4.27. The zero-order valence-corrected chi connectivity index (χ0v) is 18.2. The maximum Gasteiger partial charge on any atom is 0.268 e. The maximum absolute atomic E-state index is 14.5. The molecule has 0 saturated heterocycles. The van der Waals surface area contributed by atoms with E-state index in [9.17, 15) is 18.4 Å². The molecule has 4 rings (SSSR count). The van der Waals surface area contributed by atoms with Gasteiger partial charge in [0.25, 0.3) is 5.91 Å². The number of pyridine rings is 2. The summed E-state index contributed by atoms with van der Waals surface area (Å²) in [5.41, 5.74) is 6.59. The van der Waals surface area contributed by atoms with Gasteiger partial charge in [0.1, 0.15) is 5.69 Å². The lowest BCUT2D eigenvalue weighted by molar-refractivity contribution is 0.0997. The van der Waals surface area contributed by atoms with Crippen LogP contribution >= 0.6 is 0 Å². The number of carbonyl (C=O) groups excluding carboxylic acids is 1. The number of nitrogens with two attached hydrogens (primary N) is 1. The quantitative estimate of drug-likeness (QED) is 0.628. The normalized spacial score (nSPS) is 20.3. The van der Waals surface area contributed by atoms with Crippen molar-refractivity contribution in [3.8, 4) is 5.75 Å². The maximum atomic E-state index is 14.5. The van der Waals surface area contributed by atoms with E-state index in [1.54, 1.807) is 12.1 Å². The highest BCUT2D eigenvalue weighted by Gasteiger charge is 2.39. The SMILES string of the molecule is COc1c([C@@H]2CC(C)(C)CCC2c2cc(=O)c3c(C(N)=O)nccc3[nH]2)ccc(F)c1F. The van der Waals surface area contributed by atoms with Crippen LogP contribution in [0.25, 0.3) is 10.9 Å². The first-order valence-corrected chi connectivity index (χ1v) is 10.5. The van der Waals surface area contributed by atoms with Crippen molar-refractivity contribution in [2.45, 2.75) is 44.9 Å². The summed E-state index contributed by atoms with van der Waals surface area (Å²) in [6.07, 6.45) is 3.74. The standard InChI is InChI=1S/C24H25F2N3O3/c1-24(2)8-6-12(14(11-24)13-4-5-15(25)20(26)22(13)32-3)17-10-18(30)19-16(29-17)7-9-28-21(19)23(27)31/h4-5,7,9-10,12,14H,6,8,11H2,1-3H3,(H2,27,31)(H,29,30)/t12?,14-/m1/s1. The van der Waals surface area contributed by atoms with Gasteiger partial charge in [-0.2, -0.15) is 4.39 Å². The van der Waals surface area contributed by atoms with Gasteiger partial charge in [-0.05, 0) is 42.7 Å². The van der Waals surface area contributed by atoms with Crippen LogP contribution in [-0.4, -0.2) is 23.0 Å². The van der Waals surface area contributed by atoms with Crippen molar-refractivity contribution in [3.63, 3.8) is 0 Å². The monoisotopic (exact) mass is 441 g/mol. The molecule has 32 heavy (non-hydrogen) atoms. The van der Waals surface area contributed by atoms with Crippen LogP contribution in [0.3, 0.4) is 0 Å². The fourth-order valence-electron chi connectivity index (χ4n) is 4.94. The average molecular weight is 441 g/mol. The van der Waals surface area contributed by atoms with Crippen LogP contribution in [-0.2, 0) is 0 Å². The molecule has 1 aromatic carbocycles. The Labute approximate surface area is 183 Å². The van der Waals surface area contributed by atoms with E-state index < -0.39 is 17.5 Å². The van der Waals surface area contributed by atoms with Crippen LogP contribution in [0, 0.1) is 17.0 Å². The molecule has 0 bridgehead atoms. The predicted molar refractivity (Wildman–Crippen MR) is 117 cm³/mol. The van der Waals surface area contributed by atoms with Crippen molar-refractivity contribution in [1.82, 2.24) is 9.97 Å². The van der Waals surface area contributed by atoms with Crippen molar-refractivity contribution in [1.29, 1.82) is 0 Å². The number of benzene rings is 1. The lowest BCUT2D eigenvalue weighted by atomic mass is 9.64. The molecule has 8 heteroatoms. The number of aromatic nitrogens is 2. The fraction of sp³-hybridized carbons (Fsp3) is 0.375. The van der Waals surface area contributed by atoms with Gasteiger partial charge >= 0.3 is 0 Å². The van der Waals surface area contributed by atoms with E-state index in [0.29, 0.717) is 23.2 Å². The molecular formula is C24H25F2N3O3. The lowest BCUT2D eigenvalue weighted by Gasteiger charge is -2.41. The predicted octanol–water partition coefficient (Wildman–Crippen LogP) is 4.39. The Morgan fingerprint density at radius 1 is 1.25 bits per heavy atom. The van der Waals surface area contributed by atoms with E-state index in [2.05, 4.69) is 23.8 Å². The highest BCUT2D eigenvalue weighted by molar-refractivity contribution is 6.03. The van der Waals surface area contributed by atoms with Gasteiger partial charge in [0, 0.05) is 29.4 Å². The minimum absolute atomic E-state index is 0.0305. The Hall–Kier alpha value is -3.29. The summed E-state index contributed by atoms with van der Waals surface area (Å²) in [5.74, 6) is -3.25. The van der Waals surface area contributed by atoms with Crippen LogP contribution < -0.4 is 15.9 Å². The number of primary amides is 1. The molecule has 0 radical (unpaired) electrons. The molecule has 3 N–H and O–H groups in total. The average Bonchev–Trinajstić information content (AvgIpc) is 2.74. The first kappa shape index (κ1) is 21.9. The summed E-state index contributed by atoms with van der Waals surface area (Å²) in [5, 5.41) is 0.141. The number of H-pyrrole nitrogens is 1. The molecule has 0 aliphatic heterocycles. The fourth-order valence-corrected chi connectivity index (χ4v) is 4.94. The number of hydrogen-bond donors (Lipinski definition) is 2. The number of ether oxygens (including phenoxy) is 1. The number of amides is 1. The second-order valence-corrected chi connectivity index (χ2v) is 9.14. The largest absolute Gasteiger partial charge is 0.493 e. The number of nitrogens with one attached hydrogen (secondary N) is 1. The zero-order valence-electron chi connectivity index (χ0n) is 18.2. The zero-order chi connectivity index (χ0) is 23.2. The van der Waals surface area contributed by atoms with Gasteiger partial charge in [0.05, 0.1) is 18.0 Å². The van der Waals surface area contributed by atoms with Crippen LogP contribution in [0.4, 0.5) is 8.78 Å². The molecule has 1 fully saturated rings. The van der Waals surface area contributed by atoms with E-state index >= 15 is 0 Å². The Kier molecular flexibility index (Phi) is 5.48. The van der Waals surface area contributed by atoms with Crippen molar-refractivity contribution < 1.29 is 18.3 Å². The van der Waals surface area contributed by atoms with E-state index in [4.69, 9.17) is 10.5 Å². The minimum atomic E-state index is -1.02. The number of rotatable bonds is 4. The van der Waals surface area contributed by atoms with Crippen molar-refractivity contribution in [2.24, 2.45) is 11.1 Å². The third-order valence-electron chi connectivity index (χ3n) is 6.47. The van der Waals surface area contributed by atoms with Gasteiger partial charge < -0.3 is 15.5 Å². The van der Waals surface area contributed by atoms with Gasteiger partial charge in [-0.15, -0.1) is 0 Å². The molecule has 168 valence electrons. The summed E-state index contributed by atoms with van der Waals surface area (Å²) in [7, 11) is 1.32. The summed E-state index contributed by atoms with van der Waals surface area (Å²) in [4.78, 5) is 31.9. The number of aromatic amines is 1. The number of halogens is 2. The number of carbonyl (C=O) groups is 1. The first-order chi connectivity index (χ1) is 15.1. The molecule has 1 aliphatic rings. The van der Waals surface area contributed by atoms with Crippen LogP contribution in [0.1, 0.15) is 66.7 Å². The Morgan fingerprint density at radius 2 is 2.00 bits per heavy atom. The van der Waals surface area contributed by atoms with Gasteiger partial charge in [-0.25, -0.2) is 4.39 Å². The second kappa shape index (κ2) is 8.00. The summed E-state index contributed by atoms with van der Waals surface area (Å²) < 4.78 is 33.6. The van der Waals surface area contributed by atoms with Crippen molar-refractivity contribution in [2.75, 3.05) is 7.11 Å². The van der Waals surface area contributed by atoms with E-state index in [1.807, 2.05) is 0 Å². The highest BCUT2D eigenvalue weighted by atomic mass is 19.2. The van der Waals surface area contributed by atoms with Crippen molar-refractivity contribution >= 4 is 16.8 Å². The highest BCUT2D eigenvalue weighted by Crippen LogP contribution is 2.52. The van der Waals surface area contributed by atoms with E-state index in [1.165, 1.54) is 19.4 Å². The molecule has 3 aromatic rings. The molecule has 2 heterocycles. The van der Waals surface area contributed by atoms with Gasteiger partial charge in [-0.1, -0.05) is 19.9 Å². The Morgan fingerprint density at radius 3 is 2.69 bits per heavy atom. The first-order valence-electron chi connectivity index (χ1n) is 10.5. The van der Waals surface area contributed by atoms with E-state index in [-0.39, 0.29) is 39.5 Å². The Balaban J connectivity index is 1.89. The van der Waals surface area contributed by atoms with Crippen LogP contribution in [0.15, 0.2) is 35.3 Å². The molecule has 1 amide bonds. The van der Waals surface area contributed by atoms with E-state index in [0.717, 1.165) is 18.9 Å². The van der Waals surface area contributed by atoms with Crippen LogP contribution in [0.2, 0.25) is 0 Å². The molecule has 6 nitrogen and oxygen atoms in total. The topological polar surface area (TPSA) is 98.1 Å². The number of methoxy groups -OCH3 is 1. The summed E-state index contributed by atoms with van der Waals surface area (Å²) >= 11 is 0. The third kappa shape index (κ3) is 3.74. The van der Waals surface area contributed by atoms with Crippen LogP contribution in [0.5, 0.6) is 5.75 Å². The van der Waals surface area contributed by atoms with Gasteiger partial charge in [0.2, 0.25) is 5.82 Å². The Bertz CT molecular complexity index is 1270. The lowest BCUT2D eigenvalue weighted by Crippen LogP contribution is -2.29. The number of hydrogen-bond acceptors (Lipinski definition) is 4. The molecule has 2 aromatic heterocycles. The second-order valence-electron chi connectivity index (χ2n) is 9.14.